The fourth-order valence-corrected chi connectivity index (χ4v) is 16.8. The van der Waals surface area contributed by atoms with Gasteiger partial charge in [0.2, 0.25) is 11.5 Å². The minimum atomic E-state index is -0.229. The molecule has 0 N–H and O–H groups in total. The monoisotopic (exact) mass is 1070 g/mol. The van der Waals surface area contributed by atoms with Crippen molar-refractivity contribution in [1.82, 2.24) is 19.6 Å². The van der Waals surface area contributed by atoms with Crippen LogP contribution in [0.25, 0.3) is 22.1 Å². The van der Waals surface area contributed by atoms with Crippen molar-refractivity contribution in [3.8, 4) is 11.1 Å². The number of hydrogen-bond acceptors (Lipinski definition) is 7. The van der Waals surface area contributed by atoms with E-state index in [2.05, 4.69) is 256 Å². The molecule has 410 valence electrons. The van der Waals surface area contributed by atoms with Crippen LogP contribution in [-0.4, -0.2) is 138 Å². The first kappa shape index (κ1) is 47.1. The van der Waals surface area contributed by atoms with Crippen LogP contribution in [0, 0.1) is 0 Å². The zero-order valence-electron chi connectivity index (χ0n) is 57.0. The van der Waals surface area contributed by atoms with E-state index in [1.54, 1.807) is 6.26 Å². The highest BCUT2D eigenvalue weighted by Gasteiger charge is 2.62. The molecule has 3 aromatic carbocycles. The number of para-hydroxylation sites is 1. The molecule has 0 bridgehead atoms. The number of rotatable bonds is 0. The first-order valence-electron chi connectivity index (χ1n) is 32.1. The molecule has 0 fully saturated rings. The number of likely N-dealkylation sites (N-methyl/N-ethyl adjacent to an activating group) is 4. The molecule has 10 nitrogen and oxygen atoms in total. The van der Waals surface area contributed by atoms with E-state index in [9.17, 15) is 0 Å². The molecule has 8 unspecified atom stereocenters. The molecule has 15 rings (SSSR count). The van der Waals surface area contributed by atoms with Crippen molar-refractivity contribution in [1.29, 1.82) is 0 Å². The Morgan fingerprint density at radius 1 is 0.545 bits per heavy atom. The number of benzene rings is 3. The smallest absolute Gasteiger partial charge is 0.317 e. The van der Waals surface area contributed by atoms with Crippen molar-refractivity contribution in [2.24, 2.45) is 0 Å². The van der Waals surface area contributed by atoms with Crippen LogP contribution in [0.2, 0.25) is 0 Å². The van der Waals surface area contributed by atoms with Gasteiger partial charge in [-0.05, 0) is 162 Å². The summed E-state index contributed by atoms with van der Waals surface area (Å²) in [6.07, 6.45) is 1.80. The molecule has 6 aromatic rings. The molecule has 0 amide bonds. The number of furan rings is 2. The minimum absolute atomic E-state index is 0.0161. The van der Waals surface area contributed by atoms with Crippen molar-refractivity contribution in [3.63, 3.8) is 0 Å². The largest absolute Gasteiger partial charge is 0.456 e. The second kappa shape index (κ2) is 16.8. The van der Waals surface area contributed by atoms with Crippen LogP contribution in [0.4, 0.5) is 0 Å². The van der Waals surface area contributed by atoms with Gasteiger partial charge in [0.15, 0.2) is 0 Å². The quantitative estimate of drug-likeness (QED) is 0.141. The van der Waals surface area contributed by atoms with Gasteiger partial charge in [-0.1, -0.05) is 56.3 Å². The van der Waals surface area contributed by atoms with Crippen LogP contribution in [0.15, 0.2) is 93.3 Å². The Balaban J connectivity index is 0.000000133. The summed E-state index contributed by atoms with van der Waals surface area (Å²) in [5.41, 5.74) is 13.4. The Hall–Kier alpha value is -5.94. The summed E-state index contributed by atoms with van der Waals surface area (Å²) < 4.78 is 60.1. The number of amidine groups is 4. The Morgan fingerprint density at radius 2 is 1.09 bits per heavy atom. The summed E-state index contributed by atoms with van der Waals surface area (Å²) in [7, 11) is 8.69. The third-order valence-electron chi connectivity index (χ3n) is 20.9. The van der Waals surface area contributed by atoms with E-state index in [1.165, 1.54) is 83.7 Å². The lowest BCUT2D eigenvalue weighted by atomic mass is 9.81. The fraction of sp³-hybridized carbons (Fsp3) is 0.515. The summed E-state index contributed by atoms with van der Waals surface area (Å²) in [6.45, 7) is 38.8. The highest BCUT2D eigenvalue weighted by molar-refractivity contribution is 7.12. The average molecular weight is 1080 g/mol. The standard InChI is InChI=1S/C23H27N2.C17H21N2O.C13H19N2O.C13H19N2S.3H2/c1-14-13-25-21(24(14)6)17-12-19-16(11-20(17)23(25,4)5)15-9-7-8-10-18(15)22(19,2)3;1-10-11(2)19-16(18(10)5)15-14(17(19,3)4)12-8-6-7-9-13(12)20-15;2*1-8-9(2)15-12(14(8)5)11-10(6-7-16-11)13(15,3)4;;;/h7-12,14H,13H2,1-6H3;6-11H,1-5H3;2*6-9H,1-5H3;3*1H/q4*+1;;;/i13T;;;;3*1+2T. The normalized spacial score (nSPS) is 29.3. The molecule has 11 heterocycles. The SMILES string of the molecule is CC1C(C)[N+](C)=C2c3oc4ccccc4c3C(C)(C)N21.CC1C(C)[N+](C)=C2c3occc3C(C)(C)N21.CC1C(C)[N+](C)=C2c3sccc3C(C)(C)N21.[3H]C1C(C)[N+](C)=C2c3cc4c(cc3C(C)(C)N21)-c1ccccc1C4(C)C.[3H][3H].[3H][3H].[3H][3H]. The Kier molecular flexibility index (Phi) is 10.3. The van der Waals surface area contributed by atoms with Crippen LogP contribution in [-0.2, 0) is 27.6 Å². The molecule has 0 saturated carbocycles. The van der Waals surface area contributed by atoms with Crippen molar-refractivity contribution in [3.05, 3.63) is 140 Å². The second-order valence-electron chi connectivity index (χ2n) is 26.5. The summed E-state index contributed by atoms with van der Waals surface area (Å²) in [5, 5.41) is 3.47. The molecule has 8 atom stereocenters. The van der Waals surface area contributed by atoms with E-state index in [1.807, 2.05) is 17.4 Å². The van der Waals surface area contributed by atoms with E-state index in [4.69, 9.17) is 19.1 Å². The zero-order chi connectivity index (χ0) is 62.2. The molecule has 9 aliphatic rings. The van der Waals surface area contributed by atoms with Crippen molar-refractivity contribution in [2.75, 3.05) is 34.7 Å². The molecular formula is C66H92N8O2S+4. The topological polar surface area (TPSA) is 51.3 Å². The molecule has 8 aliphatic heterocycles. The molecule has 0 radical (unpaired) electrons. The van der Waals surface area contributed by atoms with Gasteiger partial charge in [0.05, 0.1) is 52.5 Å². The van der Waals surface area contributed by atoms with E-state index >= 15 is 0 Å². The van der Waals surface area contributed by atoms with Crippen molar-refractivity contribution >= 4 is 45.6 Å². The third-order valence-corrected chi connectivity index (χ3v) is 21.8. The summed E-state index contributed by atoms with van der Waals surface area (Å²) >= 11 is 1.88. The van der Waals surface area contributed by atoms with Gasteiger partial charge in [-0.25, -0.2) is 19.6 Å². The molecule has 77 heavy (non-hydrogen) atoms. The van der Waals surface area contributed by atoms with Gasteiger partial charge in [-0.3, -0.25) is 18.3 Å². The highest BCUT2D eigenvalue weighted by Crippen LogP contribution is 2.54. The summed E-state index contributed by atoms with van der Waals surface area (Å²) in [5.74, 6) is 7.30. The molecule has 0 spiro atoms. The van der Waals surface area contributed by atoms with Crippen molar-refractivity contribution < 1.29 is 37.4 Å². The predicted molar refractivity (Wildman–Crippen MR) is 321 cm³/mol. The van der Waals surface area contributed by atoms with Crippen LogP contribution >= 0.6 is 11.3 Å². The van der Waals surface area contributed by atoms with Crippen LogP contribution in [0.1, 0.15) is 183 Å². The van der Waals surface area contributed by atoms with Crippen molar-refractivity contribution in [2.45, 2.75) is 188 Å². The van der Waals surface area contributed by atoms with Gasteiger partial charge in [0, 0.05) is 30.8 Å². The zero-order valence-corrected chi connectivity index (χ0v) is 50.8. The Bertz CT molecular complexity index is 3590. The number of nitrogens with zero attached hydrogens (tertiary/aromatic N) is 8. The maximum Gasteiger partial charge on any atom is 0.317 e. The van der Waals surface area contributed by atoms with Gasteiger partial charge >= 0.3 is 11.7 Å². The first-order valence-corrected chi connectivity index (χ1v) is 29.4. The summed E-state index contributed by atoms with van der Waals surface area (Å²) in [4.78, 5) is 11.4. The number of thiophene rings is 1. The minimum Gasteiger partial charge on any atom is -0.456 e. The van der Waals surface area contributed by atoms with Crippen LogP contribution in [0.5, 0.6) is 0 Å². The lowest BCUT2D eigenvalue weighted by Gasteiger charge is -2.29. The highest BCUT2D eigenvalue weighted by atomic mass is 32.1. The maximum absolute atomic E-state index is 8.75. The summed E-state index contributed by atoms with van der Waals surface area (Å²) in [6, 6.07) is 29.9. The molecule has 11 heteroatoms. The predicted octanol–water partition coefficient (Wildman–Crippen LogP) is 12.7. The number of fused-ring (bicyclic) bond motifs is 17. The molecule has 3 aromatic heterocycles. The second-order valence-corrected chi connectivity index (χ2v) is 27.4. The average Bonchev–Trinajstić information content (AvgIpc) is 1.60. The third kappa shape index (κ3) is 6.70. The fourth-order valence-electron chi connectivity index (χ4n) is 15.6. The lowest BCUT2D eigenvalue weighted by molar-refractivity contribution is -0.526. The van der Waals surface area contributed by atoms with Gasteiger partial charge < -0.3 is 8.83 Å². The van der Waals surface area contributed by atoms with Crippen LogP contribution < -0.4 is 0 Å². The van der Waals surface area contributed by atoms with E-state index < -0.39 is 0 Å². The van der Waals surface area contributed by atoms with Gasteiger partial charge in [0.1, 0.15) is 81.4 Å². The molecule has 1 aliphatic carbocycles. The maximum atomic E-state index is 8.75. The van der Waals surface area contributed by atoms with Crippen LogP contribution in [0.3, 0.4) is 0 Å². The molecule has 0 saturated heterocycles. The van der Waals surface area contributed by atoms with Gasteiger partial charge in [0.25, 0.3) is 11.7 Å². The molecular weight excluding hydrogens is 969 g/mol. The Morgan fingerprint density at radius 3 is 1.75 bits per heavy atom. The van der Waals surface area contributed by atoms with Gasteiger partial charge in [-0.2, -0.15) is 0 Å². The lowest BCUT2D eigenvalue weighted by Crippen LogP contribution is -2.44. The van der Waals surface area contributed by atoms with E-state index in [0.29, 0.717) is 36.3 Å². The number of hydrogen-bond donors (Lipinski definition) is 0. The first-order chi connectivity index (χ1) is 39.5. The van der Waals surface area contributed by atoms with Gasteiger partial charge in [-0.15, -0.1) is 11.3 Å². The Labute approximate surface area is 474 Å². The van der Waals surface area contributed by atoms with E-state index in [-0.39, 0.29) is 40.1 Å². The van der Waals surface area contributed by atoms with E-state index in [0.717, 1.165) is 17.1 Å².